The summed E-state index contributed by atoms with van der Waals surface area (Å²) in [5.74, 6) is 2.84. The minimum atomic E-state index is -0.308. The Balaban J connectivity index is 0.000000709. The number of amides is 1. The van der Waals surface area contributed by atoms with Crippen LogP contribution in [0.1, 0.15) is 89.4 Å². The van der Waals surface area contributed by atoms with Gasteiger partial charge < -0.3 is 19.9 Å². The number of Topliss-reactive ketones (excluding diaryl/α,β-unsaturated/α-hetero) is 1. The highest BCUT2D eigenvalue weighted by Gasteiger charge is 2.54. The van der Waals surface area contributed by atoms with Crippen LogP contribution in [0.25, 0.3) is 0 Å². The van der Waals surface area contributed by atoms with Crippen molar-refractivity contribution < 1.29 is 24.2 Å². The summed E-state index contributed by atoms with van der Waals surface area (Å²) in [7, 11) is 0. The Labute approximate surface area is 215 Å². The lowest BCUT2D eigenvalue weighted by Crippen LogP contribution is -2.49. The number of hydrogen-bond donors (Lipinski definition) is 2. The molecule has 1 aliphatic heterocycles. The number of benzene rings is 1. The lowest BCUT2D eigenvalue weighted by atomic mass is 9.53. The molecule has 6 unspecified atom stereocenters. The van der Waals surface area contributed by atoms with Gasteiger partial charge in [0.05, 0.1) is 6.10 Å². The molecule has 1 heterocycles. The van der Waals surface area contributed by atoms with E-state index in [1.54, 1.807) is 18.2 Å². The first-order valence-electron chi connectivity index (χ1n) is 13.5. The Morgan fingerprint density at radius 2 is 1.81 bits per heavy atom. The Bertz CT molecular complexity index is 1000. The molecule has 3 aliphatic carbocycles. The van der Waals surface area contributed by atoms with Crippen molar-refractivity contribution in [2.24, 2.45) is 28.6 Å². The van der Waals surface area contributed by atoms with Crippen LogP contribution in [0.3, 0.4) is 0 Å². The summed E-state index contributed by atoms with van der Waals surface area (Å²) < 4.78 is 10.7. The lowest BCUT2D eigenvalue weighted by molar-refractivity contribution is -0.130. The zero-order valence-corrected chi connectivity index (χ0v) is 22.4. The molecule has 0 bridgehead atoms. The molecule has 1 aromatic rings. The number of allylic oxidation sites excluding steroid dienone is 1. The number of ketones is 1. The molecule has 1 aromatic carbocycles. The van der Waals surface area contributed by atoms with Crippen molar-refractivity contribution in [3.8, 4) is 11.5 Å². The smallest absolute Gasteiger partial charge is 0.251 e. The Morgan fingerprint density at radius 3 is 2.56 bits per heavy atom. The predicted molar refractivity (Wildman–Crippen MR) is 140 cm³/mol. The largest absolute Gasteiger partial charge is 0.454 e. The maximum absolute atomic E-state index is 12.9. The predicted octanol–water partition coefficient (Wildman–Crippen LogP) is 5.68. The van der Waals surface area contributed by atoms with Gasteiger partial charge in [0.1, 0.15) is 5.78 Å². The van der Waals surface area contributed by atoms with Crippen LogP contribution in [0.4, 0.5) is 0 Å². The van der Waals surface area contributed by atoms with Crippen LogP contribution >= 0.6 is 0 Å². The average Bonchev–Trinajstić information content (AvgIpc) is 3.42. The first kappa shape index (κ1) is 26.7. The SMILES string of the molecule is C=C(C)C.CC12CCC(C3(C)CCC(O)CC3CNC(=O)c3ccc4c(c3)OCO4)CC1CCC2=O. The Morgan fingerprint density at radius 1 is 1.08 bits per heavy atom. The molecule has 1 amide bonds. The van der Waals surface area contributed by atoms with Gasteiger partial charge in [-0.2, -0.15) is 0 Å². The number of ether oxygens (including phenoxy) is 2. The number of nitrogens with one attached hydrogen (secondary N) is 1. The van der Waals surface area contributed by atoms with Gasteiger partial charge in [0.25, 0.3) is 5.91 Å². The molecule has 0 saturated heterocycles. The summed E-state index contributed by atoms with van der Waals surface area (Å²) in [6.45, 7) is 12.8. The summed E-state index contributed by atoms with van der Waals surface area (Å²) in [6.07, 6.45) is 7.11. The monoisotopic (exact) mass is 497 g/mol. The summed E-state index contributed by atoms with van der Waals surface area (Å²) >= 11 is 0. The molecule has 0 radical (unpaired) electrons. The molecule has 2 N–H and O–H groups in total. The van der Waals surface area contributed by atoms with Gasteiger partial charge in [0.15, 0.2) is 11.5 Å². The molecule has 5 rings (SSSR count). The second-order valence-electron chi connectivity index (χ2n) is 12.2. The first-order chi connectivity index (χ1) is 17.0. The van der Waals surface area contributed by atoms with E-state index in [4.69, 9.17) is 9.47 Å². The zero-order valence-electron chi connectivity index (χ0n) is 22.4. The van der Waals surface area contributed by atoms with E-state index in [1.807, 2.05) is 13.8 Å². The van der Waals surface area contributed by atoms with Gasteiger partial charge in [0.2, 0.25) is 6.79 Å². The molecule has 198 valence electrons. The fraction of sp³-hybridized carbons (Fsp3) is 0.667. The van der Waals surface area contributed by atoms with Crippen molar-refractivity contribution in [1.29, 1.82) is 0 Å². The highest BCUT2D eigenvalue weighted by Crippen LogP contribution is 2.58. The highest BCUT2D eigenvalue weighted by molar-refractivity contribution is 5.95. The highest BCUT2D eigenvalue weighted by atomic mass is 16.7. The molecule has 3 fully saturated rings. The van der Waals surface area contributed by atoms with Gasteiger partial charge in [-0.3, -0.25) is 9.59 Å². The average molecular weight is 498 g/mol. The topological polar surface area (TPSA) is 84.9 Å². The molecule has 36 heavy (non-hydrogen) atoms. The van der Waals surface area contributed by atoms with Gasteiger partial charge in [-0.05, 0) is 100 Å². The minimum Gasteiger partial charge on any atom is -0.454 e. The van der Waals surface area contributed by atoms with Crippen LogP contribution in [0.2, 0.25) is 0 Å². The van der Waals surface area contributed by atoms with E-state index < -0.39 is 0 Å². The third-order valence-corrected chi connectivity index (χ3v) is 9.42. The number of fused-ring (bicyclic) bond motifs is 2. The van der Waals surface area contributed by atoms with E-state index in [1.165, 1.54) is 5.57 Å². The summed E-state index contributed by atoms with van der Waals surface area (Å²) in [6, 6.07) is 5.26. The van der Waals surface area contributed by atoms with Crippen LogP contribution in [0.15, 0.2) is 30.4 Å². The minimum absolute atomic E-state index is 0.0639. The fourth-order valence-corrected chi connectivity index (χ4v) is 7.00. The van der Waals surface area contributed by atoms with Crippen molar-refractivity contribution in [2.45, 2.75) is 85.2 Å². The van der Waals surface area contributed by atoms with Gasteiger partial charge in [-0.25, -0.2) is 0 Å². The van der Waals surface area contributed by atoms with Crippen molar-refractivity contribution >= 4 is 11.7 Å². The fourth-order valence-electron chi connectivity index (χ4n) is 7.00. The maximum atomic E-state index is 12.9. The van der Waals surface area contributed by atoms with Crippen molar-refractivity contribution in [1.82, 2.24) is 5.32 Å². The normalized spacial score (nSPS) is 34.9. The summed E-state index contributed by atoms with van der Waals surface area (Å²) in [4.78, 5) is 25.4. The van der Waals surface area contributed by atoms with Crippen molar-refractivity contribution in [3.63, 3.8) is 0 Å². The standard InChI is InChI=1S/C26H35NO5.C4H8/c1-25(18-7-9-26(2)17(12-18)4-6-23(26)29)10-8-20(28)13-19(25)14-27-24(30)16-3-5-21-22(11-16)32-15-31-21;1-4(2)3/h3,5,11,17-20,28H,4,6-10,12-15H2,1-2H3,(H,27,30);1H2,2-3H3. The molecule has 0 spiro atoms. The quantitative estimate of drug-likeness (QED) is 0.523. The van der Waals surface area contributed by atoms with E-state index in [-0.39, 0.29) is 35.6 Å². The van der Waals surface area contributed by atoms with Gasteiger partial charge in [0, 0.05) is 23.9 Å². The Hall–Kier alpha value is -2.34. The molecule has 6 heteroatoms. The van der Waals surface area contributed by atoms with Gasteiger partial charge in [-0.1, -0.05) is 19.4 Å². The van der Waals surface area contributed by atoms with Crippen molar-refractivity contribution in [3.05, 3.63) is 35.9 Å². The zero-order chi connectivity index (χ0) is 26.1. The van der Waals surface area contributed by atoms with E-state index >= 15 is 0 Å². The summed E-state index contributed by atoms with van der Waals surface area (Å²) in [5, 5.41) is 13.6. The molecule has 6 nitrogen and oxygen atoms in total. The second-order valence-corrected chi connectivity index (χ2v) is 12.2. The van der Waals surface area contributed by atoms with Gasteiger partial charge >= 0.3 is 0 Å². The lowest BCUT2D eigenvalue weighted by Gasteiger charge is -2.52. The molecular formula is C30H43NO5. The van der Waals surface area contributed by atoms with E-state index in [9.17, 15) is 14.7 Å². The number of aliphatic hydroxyl groups excluding tert-OH is 1. The van der Waals surface area contributed by atoms with Crippen LogP contribution in [-0.2, 0) is 4.79 Å². The maximum Gasteiger partial charge on any atom is 0.251 e. The third kappa shape index (κ3) is 5.34. The van der Waals surface area contributed by atoms with E-state index in [0.29, 0.717) is 41.2 Å². The van der Waals surface area contributed by atoms with Crippen molar-refractivity contribution in [2.75, 3.05) is 13.3 Å². The number of rotatable bonds is 4. The molecular weight excluding hydrogens is 454 g/mol. The van der Waals surface area contributed by atoms with Crippen LogP contribution in [0, 0.1) is 28.6 Å². The molecule has 0 aromatic heterocycles. The van der Waals surface area contributed by atoms with E-state index in [2.05, 4.69) is 25.7 Å². The van der Waals surface area contributed by atoms with Crippen LogP contribution in [0.5, 0.6) is 11.5 Å². The second kappa shape index (κ2) is 10.6. The van der Waals surface area contributed by atoms with Crippen LogP contribution in [-0.4, -0.2) is 36.2 Å². The van der Waals surface area contributed by atoms with Gasteiger partial charge in [-0.15, -0.1) is 6.58 Å². The molecule has 4 aliphatic rings. The number of carbonyl (C=O) groups excluding carboxylic acids is 2. The van der Waals surface area contributed by atoms with E-state index in [0.717, 1.165) is 51.4 Å². The molecule has 3 saturated carbocycles. The van der Waals surface area contributed by atoms with Crippen LogP contribution < -0.4 is 14.8 Å². The number of aliphatic hydroxyl groups is 1. The molecule has 6 atom stereocenters. The number of hydrogen-bond acceptors (Lipinski definition) is 5. The first-order valence-corrected chi connectivity index (χ1v) is 13.5. The third-order valence-electron chi connectivity index (χ3n) is 9.42. The number of carbonyl (C=O) groups is 2. The Kier molecular flexibility index (Phi) is 7.84. The summed E-state index contributed by atoms with van der Waals surface area (Å²) in [5.41, 5.74) is 1.67.